The first-order valence-corrected chi connectivity index (χ1v) is 8.70. The number of carbonyl (C=O) groups excluding carboxylic acids is 1. The number of aryl methyl sites for hydroxylation is 1. The summed E-state index contributed by atoms with van der Waals surface area (Å²) in [4.78, 5) is 15.2. The van der Waals surface area contributed by atoms with Crippen LogP contribution < -0.4 is 5.73 Å². The van der Waals surface area contributed by atoms with Crippen molar-refractivity contribution in [2.24, 2.45) is 5.73 Å². The third-order valence-electron chi connectivity index (χ3n) is 4.16. The molecule has 2 aliphatic heterocycles. The maximum atomic E-state index is 12.2. The second kappa shape index (κ2) is 4.53. The van der Waals surface area contributed by atoms with Crippen molar-refractivity contribution < 1.29 is 4.79 Å². The van der Waals surface area contributed by atoms with Gasteiger partial charge in [-0.15, -0.1) is 28.2 Å². The first kappa shape index (κ1) is 14.2. The van der Waals surface area contributed by atoms with E-state index in [4.69, 9.17) is 5.73 Å². The van der Waals surface area contributed by atoms with Gasteiger partial charge in [0.05, 0.1) is 0 Å². The molecule has 2 saturated heterocycles. The van der Waals surface area contributed by atoms with E-state index in [0.717, 1.165) is 5.00 Å². The van der Waals surface area contributed by atoms with Gasteiger partial charge < -0.3 is 10.6 Å². The van der Waals surface area contributed by atoms with Gasteiger partial charge in [-0.2, -0.15) is 4.68 Å². The lowest BCUT2D eigenvalue weighted by atomic mass is 9.95. The predicted octanol–water partition coefficient (Wildman–Crippen LogP) is 1.09. The number of hydrogen-bond donors (Lipinski definition) is 1. The standard InChI is InChI=1S/C13H16N6OS2/c1-6-4-5-7(21-6)19-10(15-16-17-19)9-13(2,3)22-12-8(14)11(20)18(9)12/h4-5,8-9,12H,14H2,1-3H3/t8?,9?,12-/m1/s1. The number of carbonyl (C=O) groups is 1. The van der Waals surface area contributed by atoms with Crippen LogP contribution in [0.2, 0.25) is 0 Å². The minimum Gasteiger partial charge on any atom is -0.317 e. The number of rotatable bonds is 2. The minimum absolute atomic E-state index is 0.0164. The molecule has 9 heteroatoms. The minimum atomic E-state index is -0.414. The molecule has 0 radical (unpaired) electrons. The van der Waals surface area contributed by atoms with E-state index in [1.807, 2.05) is 24.0 Å². The van der Waals surface area contributed by atoms with Crippen LogP contribution in [-0.4, -0.2) is 47.2 Å². The molecule has 7 nitrogen and oxygen atoms in total. The van der Waals surface area contributed by atoms with Crippen LogP contribution in [-0.2, 0) is 4.79 Å². The van der Waals surface area contributed by atoms with Crippen LogP contribution >= 0.6 is 23.1 Å². The van der Waals surface area contributed by atoms with Crippen molar-refractivity contribution in [3.63, 3.8) is 0 Å². The average molecular weight is 336 g/mol. The van der Waals surface area contributed by atoms with Crippen molar-refractivity contribution in [2.45, 2.75) is 43.0 Å². The van der Waals surface area contributed by atoms with Crippen molar-refractivity contribution in [1.82, 2.24) is 25.1 Å². The summed E-state index contributed by atoms with van der Waals surface area (Å²) < 4.78 is 1.55. The zero-order valence-electron chi connectivity index (χ0n) is 12.4. The summed E-state index contributed by atoms with van der Waals surface area (Å²) in [7, 11) is 0. The fourth-order valence-corrected chi connectivity index (χ4v) is 5.51. The molecule has 0 aromatic carbocycles. The summed E-state index contributed by atoms with van der Waals surface area (Å²) in [5, 5.41) is 13.2. The summed E-state index contributed by atoms with van der Waals surface area (Å²) in [5.41, 5.74) is 5.93. The Morgan fingerprint density at radius 3 is 2.82 bits per heavy atom. The molecular formula is C13H16N6OS2. The number of fused-ring (bicyclic) bond motifs is 1. The van der Waals surface area contributed by atoms with E-state index < -0.39 is 6.04 Å². The van der Waals surface area contributed by atoms with Crippen LogP contribution in [0.1, 0.15) is 30.6 Å². The van der Waals surface area contributed by atoms with Gasteiger partial charge in [0, 0.05) is 9.62 Å². The van der Waals surface area contributed by atoms with E-state index in [1.165, 1.54) is 4.88 Å². The van der Waals surface area contributed by atoms with Crippen LogP contribution in [0.15, 0.2) is 12.1 Å². The van der Waals surface area contributed by atoms with Gasteiger partial charge in [0.1, 0.15) is 22.5 Å². The molecular weight excluding hydrogens is 320 g/mol. The summed E-state index contributed by atoms with van der Waals surface area (Å²) in [6.45, 7) is 6.26. The third kappa shape index (κ3) is 1.79. The van der Waals surface area contributed by atoms with Gasteiger partial charge in [-0.1, -0.05) is 0 Å². The first-order chi connectivity index (χ1) is 10.4. The average Bonchev–Trinajstić information content (AvgIpc) is 3.14. The zero-order valence-corrected chi connectivity index (χ0v) is 14.1. The monoisotopic (exact) mass is 336 g/mol. The highest BCUT2D eigenvalue weighted by molar-refractivity contribution is 8.01. The number of nitrogens with two attached hydrogens (primary N) is 1. The predicted molar refractivity (Wildman–Crippen MR) is 84.8 cm³/mol. The highest BCUT2D eigenvalue weighted by Crippen LogP contribution is 2.56. The number of β-lactam (4-membered cyclic amide) rings is 1. The molecule has 22 heavy (non-hydrogen) atoms. The van der Waals surface area contributed by atoms with Crippen LogP contribution in [0.5, 0.6) is 0 Å². The van der Waals surface area contributed by atoms with Crippen molar-refractivity contribution in [3.8, 4) is 5.00 Å². The summed E-state index contributed by atoms with van der Waals surface area (Å²) >= 11 is 3.34. The van der Waals surface area contributed by atoms with Crippen LogP contribution in [0, 0.1) is 6.92 Å². The van der Waals surface area contributed by atoms with E-state index in [1.54, 1.807) is 27.8 Å². The molecule has 0 saturated carbocycles. The molecule has 0 spiro atoms. The summed E-state index contributed by atoms with van der Waals surface area (Å²) in [6, 6.07) is 3.44. The molecule has 2 unspecified atom stereocenters. The highest BCUT2D eigenvalue weighted by Gasteiger charge is 2.62. The number of aromatic nitrogens is 4. The highest BCUT2D eigenvalue weighted by atomic mass is 32.2. The number of amides is 1. The molecule has 3 atom stereocenters. The topological polar surface area (TPSA) is 89.9 Å². The number of tetrazole rings is 1. The SMILES string of the molecule is Cc1ccc(-n2nnnc2C2N3C(=O)C(N)[C@H]3SC2(C)C)s1. The normalized spacial score (nSPS) is 29.5. The second-order valence-electron chi connectivity index (χ2n) is 6.12. The number of hydrogen-bond acceptors (Lipinski definition) is 7. The Hall–Kier alpha value is -1.45. The molecule has 1 amide bonds. The van der Waals surface area contributed by atoms with E-state index in [2.05, 4.69) is 29.4 Å². The van der Waals surface area contributed by atoms with Gasteiger partial charge in [0.2, 0.25) is 5.91 Å². The second-order valence-corrected chi connectivity index (χ2v) is 9.16. The molecule has 2 aromatic heterocycles. The summed E-state index contributed by atoms with van der Waals surface area (Å²) in [5.74, 6) is 0.673. The fraction of sp³-hybridized carbons (Fsp3) is 0.538. The number of thiophene rings is 1. The molecule has 2 aromatic rings. The molecule has 2 aliphatic rings. The zero-order chi connectivity index (χ0) is 15.6. The van der Waals surface area contributed by atoms with E-state index in [9.17, 15) is 4.79 Å². The third-order valence-corrected chi connectivity index (χ3v) is 6.72. The maximum Gasteiger partial charge on any atom is 0.244 e. The van der Waals surface area contributed by atoms with Crippen LogP contribution in [0.3, 0.4) is 0 Å². The largest absolute Gasteiger partial charge is 0.317 e. The lowest BCUT2D eigenvalue weighted by Crippen LogP contribution is -2.65. The lowest BCUT2D eigenvalue weighted by Gasteiger charge is -2.42. The Morgan fingerprint density at radius 2 is 2.14 bits per heavy atom. The van der Waals surface area contributed by atoms with Gasteiger partial charge in [-0.25, -0.2) is 0 Å². The molecule has 2 N–H and O–H groups in total. The lowest BCUT2D eigenvalue weighted by molar-refractivity contribution is -0.147. The molecule has 116 valence electrons. The number of thioether (sulfide) groups is 1. The van der Waals surface area contributed by atoms with E-state index >= 15 is 0 Å². The van der Waals surface area contributed by atoms with Gasteiger partial charge in [0.15, 0.2) is 5.82 Å². The van der Waals surface area contributed by atoms with Crippen molar-refractivity contribution in [3.05, 3.63) is 22.8 Å². The molecule has 0 aliphatic carbocycles. The van der Waals surface area contributed by atoms with Crippen molar-refractivity contribution in [2.75, 3.05) is 0 Å². The molecule has 4 rings (SSSR count). The molecule has 4 heterocycles. The van der Waals surface area contributed by atoms with Crippen molar-refractivity contribution >= 4 is 29.0 Å². The molecule has 2 fully saturated rings. The molecule has 0 bridgehead atoms. The van der Waals surface area contributed by atoms with E-state index in [-0.39, 0.29) is 22.1 Å². The smallest absolute Gasteiger partial charge is 0.244 e. The maximum absolute atomic E-state index is 12.2. The first-order valence-electron chi connectivity index (χ1n) is 7.01. The quantitative estimate of drug-likeness (QED) is 0.826. The van der Waals surface area contributed by atoms with Crippen molar-refractivity contribution in [1.29, 1.82) is 0 Å². The Morgan fingerprint density at radius 1 is 1.36 bits per heavy atom. The summed E-state index contributed by atoms with van der Waals surface area (Å²) in [6.07, 6.45) is 0. The Bertz CT molecular complexity index is 753. The van der Waals surface area contributed by atoms with Crippen LogP contribution in [0.25, 0.3) is 5.00 Å². The Kier molecular flexibility index (Phi) is 2.91. The van der Waals surface area contributed by atoms with Gasteiger partial charge in [0.25, 0.3) is 0 Å². The fourth-order valence-electron chi connectivity index (χ4n) is 3.12. The van der Waals surface area contributed by atoms with Gasteiger partial charge in [-0.3, -0.25) is 4.79 Å². The van der Waals surface area contributed by atoms with Gasteiger partial charge in [-0.05, 0) is 43.3 Å². The van der Waals surface area contributed by atoms with Gasteiger partial charge >= 0.3 is 0 Å². The van der Waals surface area contributed by atoms with E-state index in [0.29, 0.717) is 5.82 Å². The Labute approximate surface area is 135 Å². The number of nitrogens with zero attached hydrogens (tertiary/aromatic N) is 5. The van der Waals surface area contributed by atoms with Crippen LogP contribution in [0.4, 0.5) is 0 Å². The Balaban J connectivity index is 1.79.